The maximum absolute atomic E-state index is 4.86. The van der Waals surface area contributed by atoms with E-state index in [1.807, 2.05) is 7.05 Å². The molecule has 20 heavy (non-hydrogen) atoms. The van der Waals surface area contributed by atoms with Crippen molar-refractivity contribution in [1.29, 1.82) is 0 Å². The summed E-state index contributed by atoms with van der Waals surface area (Å²) in [6.07, 6.45) is 0.982. The Labute approximate surface area is 127 Å². The molecule has 1 N–H and O–H groups in total. The Bertz CT molecular complexity index is 809. The second-order valence-corrected chi connectivity index (χ2v) is 5.81. The van der Waals surface area contributed by atoms with Crippen LogP contribution in [0.1, 0.15) is 18.2 Å². The van der Waals surface area contributed by atoms with Crippen molar-refractivity contribution in [2.24, 2.45) is 0 Å². The van der Waals surface area contributed by atoms with Crippen LogP contribution in [0.2, 0.25) is 0 Å². The van der Waals surface area contributed by atoms with Gasteiger partial charge in [-0.05, 0) is 30.4 Å². The first-order chi connectivity index (χ1) is 9.67. The van der Waals surface area contributed by atoms with Gasteiger partial charge in [0.15, 0.2) is 0 Å². The molecule has 1 aromatic heterocycles. The van der Waals surface area contributed by atoms with Gasteiger partial charge in [-0.3, -0.25) is 4.98 Å². The highest BCUT2D eigenvalue weighted by Gasteiger charge is 2.14. The Morgan fingerprint density at radius 3 is 2.50 bits per heavy atom. The van der Waals surface area contributed by atoms with Crippen molar-refractivity contribution in [3.63, 3.8) is 0 Å². The average molecular weight is 329 g/mol. The Morgan fingerprint density at radius 2 is 1.85 bits per heavy atom. The number of hydrogen-bond acceptors (Lipinski definition) is 2. The lowest BCUT2D eigenvalue weighted by molar-refractivity contribution is 1.07. The number of aromatic nitrogens is 1. The van der Waals surface area contributed by atoms with Gasteiger partial charge in [0.05, 0.1) is 5.52 Å². The van der Waals surface area contributed by atoms with Crippen molar-refractivity contribution in [2.75, 3.05) is 12.4 Å². The number of nitrogens with zero attached hydrogens (tertiary/aromatic N) is 1. The summed E-state index contributed by atoms with van der Waals surface area (Å²) in [7, 11) is 1.98. The van der Waals surface area contributed by atoms with E-state index in [4.69, 9.17) is 4.98 Å². The van der Waals surface area contributed by atoms with E-state index in [1.165, 1.54) is 27.4 Å². The van der Waals surface area contributed by atoms with Crippen LogP contribution in [0.3, 0.4) is 0 Å². The Hall–Kier alpha value is -1.61. The molecule has 0 bridgehead atoms. The zero-order valence-corrected chi connectivity index (χ0v) is 13.5. The van der Waals surface area contributed by atoms with Crippen molar-refractivity contribution in [3.8, 4) is 0 Å². The molecular formula is C17H17BrN2. The van der Waals surface area contributed by atoms with Crippen LogP contribution in [0.25, 0.3) is 21.7 Å². The highest BCUT2D eigenvalue weighted by Crippen LogP contribution is 2.36. The molecule has 0 atom stereocenters. The highest BCUT2D eigenvalue weighted by molar-refractivity contribution is 9.10. The lowest BCUT2D eigenvalue weighted by Crippen LogP contribution is -2.01. The number of pyridine rings is 1. The van der Waals surface area contributed by atoms with Gasteiger partial charge >= 0.3 is 0 Å². The second-order valence-electron chi connectivity index (χ2n) is 4.95. The minimum atomic E-state index is 0.982. The molecule has 3 rings (SSSR count). The number of rotatable bonds is 2. The third-order valence-electron chi connectivity index (χ3n) is 3.86. The first-order valence-corrected chi connectivity index (χ1v) is 7.64. The molecule has 0 saturated heterocycles. The highest BCUT2D eigenvalue weighted by atomic mass is 79.9. The van der Waals surface area contributed by atoms with Crippen LogP contribution in [0.4, 0.5) is 5.69 Å². The normalized spacial score (nSPS) is 11.2. The van der Waals surface area contributed by atoms with E-state index in [9.17, 15) is 0 Å². The third-order valence-corrected chi connectivity index (χ3v) is 4.51. The zero-order chi connectivity index (χ0) is 14.3. The largest absolute Gasteiger partial charge is 0.387 e. The van der Waals surface area contributed by atoms with Gasteiger partial charge in [0.1, 0.15) is 0 Å². The summed E-state index contributed by atoms with van der Waals surface area (Å²) in [6, 6.07) is 10.6. The molecule has 0 saturated carbocycles. The smallest absolute Gasteiger partial charge is 0.0805 e. The molecule has 0 fully saturated rings. The van der Waals surface area contributed by atoms with Gasteiger partial charge in [-0.25, -0.2) is 0 Å². The SMILES string of the molecule is CCc1c(C)nc2c(cc(Br)c3ccccc32)c1NC. The molecule has 0 aliphatic rings. The fourth-order valence-corrected chi connectivity index (χ4v) is 3.50. The van der Waals surface area contributed by atoms with Gasteiger partial charge in [-0.2, -0.15) is 0 Å². The summed E-state index contributed by atoms with van der Waals surface area (Å²) in [5, 5.41) is 6.94. The van der Waals surface area contributed by atoms with Crippen molar-refractivity contribution >= 4 is 43.3 Å². The first-order valence-electron chi connectivity index (χ1n) is 6.85. The maximum Gasteiger partial charge on any atom is 0.0805 e. The van der Waals surface area contributed by atoms with Crippen molar-refractivity contribution in [1.82, 2.24) is 4.98 Å². The molecule has 3 aromatic rings. The predicted octanol–water partition coefficient (Wildman–Crippen LogP) is 5.06. The van der Waals surface area contributed by atoms with E-state index in [-0.39, 0.29) is 0 Å². The standard InChI is InChI=1S/C17H17BrN2/c1-4-11-10(2)20-17-13-8-6-5-7-12(13)15(18)9-14(17)16(11)19-3/h5-9H,4H2,1-3H3,(H,19,20). The van der Waals surface area contributed by atoms with Crippen LogP contribution in [-0.2, 0) is 6.42 Å². The van der Waals surface area contributed by atoms with Crippen molar-refractivity contribution in [3.05, 3.63) is 46.1 Å². The van der Waals surface area contributed by atoms with E-state index < -0.39 is 0 Å². The molecule has 0 spiro atoms. The van der Waals surface area contributed by atoms with Crippen molar-refractivity contribution < 1.29 is 0 Å². The average Bonchev–Trinajstić information content (AvgIpc) is 2.47. The number of anilines is 1. The topological polar surface area (TPSA) is 24.9 Å². The molecular weight excluding hydrogens is 312 g/mol. The van der Waals surface area contributed by atoms with Crippen LogP contribution < -0.4 is 5.32 Å². The number of halogens is 1. The van der Waals surface area contributed by atoms with E-state index in [1.54, 1.807) is 0 Å². The van der Waals surface area contributed by atoms with E-state index in [2.05, 4.69) is 65.4 Å². The Kier molecular flexibility index (Phi) is 3.38. The molecule has 0 aliphatic carbocycles. The van der Waals surface area contributed by atoms with E-state index >= 15 is 0 Å². The molecule has 2 aromatic carbocycles. The number of aryl methyl sites for hydroxylation is 1. The van der Waals surface area contributed by atoms with E-state index in [0.29, 0.717) is 0 Å². The quantitative estimate of drug-likeness (QED) is 0.665. The lowest BCUT2D eigenvalue weighted by Gasteiger charge is -2.16. The van der Waals surface area contributed by atoms with Crippen LogP contribution >= 0.6 is 15.9 Å². The minimum Gasteiger partial charge on any atom is -0.387 e. The summed E-state index contributed by atoms with van der Waals surface area (Å²) >= 11 is 3.69. The van der Waals surface area contributed by atoms with Gasteiger partial charge in [0, 0.05) is 33.7 Å². The fourth-order valence-electron chi connectivity index (χ4n) is 2.92. The van der Waals surface area contributed by atoms with Crippen LogP contribution in [0.15, 0.2) is 34.8 Å². The van der Waals surface area contributed by atoms with Gasteiger partial charge in [0.2, 0.25) is 0 Å². The number of nitrogens with one attached hydrogen (secondary N) is 1. The van der Waals surface area contributed by atoms with Gasteiger partial charge in [0.25, 0.3) is 0 Å². The van der Waals surface area contributed by atoms with Crippen LogP contribution in [-0.4, -0.2) is 12.0 Å². The van der Waals surface area contributed by atoms with Crippen molar-refractivity contribution in [2.45, 2.75) is 20.3 Å². The van der Waals surface area contributed by atoms with E-state index in [0.717, 1.165) is 22.1 Å². The molecule has 1 heterocycles. The van der Waals surface area contributed by atoms with Gasteiger partial charge < -0.3 is 5.32 Å². The molecule has 0 amide bonds. The summed E-state index contributed by atoms with van der Waals surface area (Å²) in [5.41, 5.74) is 4.67. The minimum absolute atomic E-state index is 0.982. The summed E-state index contributed by atoms with van der Waals surface area (Å²) < 4.78 is 1.12. The first kappa shape index (κ1) is 13.4. The molecule has 102 valence electrons. The fraction of sp³-hybridized carbons (Fsp3) is 0.235. The Morgan fingerprint density at radius 1 is 1.15 bits per heavy atom. The molecule has 0 radical (unpaired) electrons. The van der Waals surface area contributed by atoms with Gasteiger partial charge in [-0.1, -0.05) is 47.1 Å². The molecule has 0 aliphatic heterocycles. The van der Waals surface area contributed by atoms with Gasteiger partial charge in [-0.15, -0.1) is 0 Å². The monoisotopic (exact) mass is 328 g/mol. The summed E-state index contributed by atoms with van der Waals surface area (Å²) in [6.45, 7) is 4.27. The molecule has 0 unspecified atom stereocenters. The zero-order valence-electron chi connectivity index (χ0n) is 11.9. The number of fused-ring (bicyclic) bond motifs is 3. The lowest BCUT2D eigenvalue weighted by atomic mass is 10.00. The predicted molar refractivity (Wildman–Crippen MR) is 90.6 cm³/mol. The summed E-state index contributed by atoms with van der Waals surface area (Å²) in [4.78, 5) is 4.86. The van der Waals surface area contributed by atoms with Crippen LogP contribution in [0, 0.1) is 6.92 Å². The molecule has 2 nitrogen and oxygen atoms in total. The van der Waals surface area contributed by atoms with Crippen LogP contribution in [0.5, 0.6) is 0 Å². The maximum atomic E-state index is 4.86. The second kappa shape index (κ2) is 5.06. The number of hydrogen-bond donors (Lipinski definition) is 1. The summed E-state index contributed by atoms with van der Waals surface area (Å²) in [5.74, 6) is 0. The Balaban J connectivity index is 2.57. The number of benzene rings is 2. The molecule has 3 heteroatoms. The third kappa shape index (κ3) is 1.88.